The van der Waals surface area contributed by atoms with Gasteiger partial charge in [-0.25, -0.2) is 0 Å². The van der Waals surface area contributed by atoms with Gasteiger partial charge in [0.25, 0.3) is 11.1 Å². The van der Waals surface area contributed by atoms with Gasteiger partial charge in [-0.05, 0) is 43.2 Å². The number of imide groups is 1. The second-order valence-electron chi connectivity index (χ2n) is 5.22. The number of hydrogen-bond acceptors (Lipinski definition) is 5. The number of amides is 3. The number of hydrogen-bond donors (Lipinski definition) is 0. The van der Waals surface area contributed by atoms with E-state index in [4.69, 9.17) is 4.42 Å². The molecule has 2 saturated heterocycles. The van der Waals surface area contributed by atoms with Crippen molar-refractivity contribution < 1.29 is 18.8 Å². The first kappa shape index (κ1) is 14.9. The maximum Gasteiger partial charge on any atom is 0.294 e. The Morgan fingerprint density at radius 2 is 2.05 bits per heavy atom. The number of piperidine rings is 1. The fourth-order valence-electron chi connectivity index (χ4n) is 2.52. The summed E-state index contributed by atoms with van der Waals surface area (Å²) < 4.78 is 5.14. The third-order valence-electron chi connectivity index (χ3n) is 3.69. The zero-order valence-electron chi connectivity index (χ0n) is 12.0. The summed E-state index contributed by atoms with van der Waals surface area (Å²) in [7, 11) is 0. The van der Waals surface area contributed by atoms with Crippen LogP contribution in [-0.2, 0) is 9.59 Å². The van der Waals surface area contributed by atoms with Crippen LogP contribution in [0, 0.1) is 0 Å². The van der Waals surface area contributed by atoms with Gasteiger partial charge < -0.3 is 9.32 Å². The number of carbonyl (C=O) groups excluding carboxylic acids is 3. The normalized spacial score (nSPS) is 21.0. The van der Waals surface area contributed by atoms with Gasteiger partial charge in [0.1, 0.15) is 12.3 Å². The molecule has 0 radical (unpaired) electrons. The maximum absolute atomic E-state index is 12.3. The van der Waals surface area contributed by atoms with Gasteiger partial charge in [0.15, 0.2) is 0 Å². The molecule has 0 aliphatic carbocycles. The molecule has 0 atom stereocenters. The molecule has 0 spiro atoms. The number of carbonyl (C=O) groups is 3. The van der Waals surface area contributed by atoms with Crippen LogP contribution in [0.1, 0.15) is 25.0 Å². The lowest BCUT2D eigenvalue weighted by molar-refractivity contribution is -0.136. The van der Waals surface area contributed by atoms with Crippen LogP contribution in [0.15, 0.2) is 27.7 Å². The minimum atomic E-state index is -0.434. The largest absolute Gasteiger partial charge is 0.465 e. The molecular weight excluding hydrogens is 304 g/mol. The molecule has 2 aliphatic rings. The van der Waals surface area contributed by atoms with E-state index in [9.17, 15) is 14.4 Å². The van der Waals surface area contributed by atoms with Gasteiger partial charge in [-0.3, -0.25) is 19.3 Å². The van der Waals surface area contributed by atoms with Crippen LogP contribution in [-0.4, -0.2) is 46.5 Å². The lowest BCUT2D eigenvalue weighted by Crippen LogP contribution is -2.44. The third-order valence-corrected chi connectivity index (χ3v) is 4.60. The van der Waals surface area contributed by atoms with E-state index in [0.717, 1.165) is 35.9 Å². The predicted octanol–water partition coefficient (Wildman–Crippen LogP) is 2.33. The molecule has 0 N–H and O–H groups in total. The molecule has 7 heteroatoms. The number of rotatable bonds is 3. The number of furan rings is 1. The summed E-state index contributed by atoms with van der Waals surface area (Å²) in [6.45, 7) is 1.23. The summed E-state index contributed by atoms with van der Waals surface area (Å²) in [5.74, 6) is -0.0918. The van der Waals surface area contributed by atoms with Crippen molar-refractivity contribution in [2.45, 2.75) is 19.3 Å². The zero-order valence-corrected chi connectivity index (χ0v) is 12.8. The van der Waals surface area contributed by atoms with Crippen molar-refractivity contribution in [3.63, 3.8) is 0 Å². The first-order valence-corrected chi connectivity index (χ1v) is 8.03. The van der Waals surface area contributed by atoms with E-state index in [1.165, 1.54) is 12.3 Å². The van der Waals surface area contributed by atoms with Crippen molar-refractivity contribution in [3.05, 3.63) is 29.1 Å². The van der Waals surface area contributed by atoms with Gasteiger partial charge in [-0.2, -0.15) is 0 Å². The van der Waals surface area contributed by atoms with Gasteiger partial charge in [-0.1, -0.05) is 0 Å². The molecule has 22 heavy (non-hydrogen) atoms. The standard InChI is InChI=1S/C15H16N2O4S/c18-13(16-6-2-1-3-7-16)10-17-14(19)12(22-15(17)20)9-11-5-4-8-21-11/h4-5,8-9H,1-3,6-7,10H2/b12-9-. The molecule has 0 saturated carbocycles. The van der Waals surface area contributed by atoms with Crippen LogP contribution in [0.5, 0.6) is 0 Å². The number of thioether (sulfide) groups is 1. The van der Waals surface area contributed by atoms with Gasteiger partial charge in [0, 0.05) is 19.2 Å². The molecule has 6 nitrogen and oxygen atoms in total. The lowest BCUT2D eigenvalue weighted by Gasteiger charge is -2.27. The molecule has 1 aromatic rings. The van der Waals surface area contributed by atoms with E-state index in [1.54, 1.807) is 17.0 Å². The van der Waals surface area contributed by atoms with Crippen LogP contribution in [0.2, 0.25) is 0 Å². The van der Waals surface area contributed by atoms with Crippen molar-refractivity contribution in [2.75, 3.05) is 19.6 Å². The Bertz CT molecular complexity index is 617. The predicted molar refractivity (Wildman–Crippen MR) is 81.8 cm³/mol. The number of likely N-dealkylation sites (tertiary alicyclic amines) is 1. The van der Waals surface area contributed by atoms with E-state index < -0.39 is 11.1 Å². The second kappa shape index (κ2) is 6.39. The Kier molecular flexibility index (Phi) is 4.33. The molecule has 2 fully saturated rings. The van der Waals surface area contributed by atoms with Gasteiger partial charge in [0.05, 0.1) is 11.2 Å². The third kappa shape index (κ3) is 3.09. The highest BCUT2D eigenvalue weighted by atomic mass is 32.2. The second-order valence-corrected chi connectivity index (χ2v) is 6.22. The average Bonchev–Trinajstić information content (AvgIpc) is 3.12. The molecule has 1 aromatic heterocycles. The Morgan fingerprint density at radius 3 is 2.73 bits per heavy atom. The molecule has 3 rings (SSSR count). The Morgan fingerprint density at radius 1 is 1.27 bits per heavy atom. The van der Waals surface area contributed by atoms with Crippen LogP contribution in [0.25, 0.3) is 6.08 Å². The maximum atomic E-state index is 12.3. The SMILES string of the molecule is O=C(CN1C(=O)S/C(=C\c2ccco2)C1=O)N1CCCCC1. The Balaban J connectivity index is 1.68. The zero-order chi connectivity index (χ0) is 15.5. The van der Waals surface area contributed by atoms with Crippen LogP contribution < -0.4 is 0 Å². The van der Waals surface area contributed by atoms with Crippen LogP contribution in [0.4, 0.5) is 4.79 Å². The van der Waals surface area contributed by atoms with E-state index >= 15 is 0 Å². The summed E-state index contributed by atoms with van der Waals surface area (Å²) in [4.78, 5) is 39.5. The van der Waals surface area contributed by atoms with Crippen molar-refractivity contribution in [1.82, 2.24) is 9.80 Å². The first-order chi connectivity index (χ1) is 10.6. The summed E-state index contributed by atoms with van der Waals surface area (Å²) in [5.41, 5.74) is 0. The monoisotopic (exact) mass is 320 g/mol. The molecule has 0 aromatic carbocycles. The summed E-state index contributed by atoms with van der Waals surface area (Å²) in [6.07, 6.45) is 6.10. The summed E-state index contributed by atoms with van der Waals surface area (Å²) >= 11 is 0.836. The molecule has 2 aliphatic heterocycles. The molecule has 3 amide bonds. The minimum absolute atomic E-state index is 0.166. The van der Waals surface area contributed by atoms with Gasteiger partial charge >= 0.3 is 0 Å². The molecule has 0 unspecified atom stereocenters. The molecule has 3 heterocycles. The number of nitrogens with zero attached hydrogens (tertiary/aromatic N) is 2. The van der Waals surface area contributed by atoms with Crippen LogP contribution in [0.3, 0.4) is 0 Å². The van der Waals surface area contributed by atoms with Gasteiger partial charge in [-0.15, -0.1) is 0 Å². The van der Waals surface area contributed by atoms with Gasteiger partial charge in [0.2, 0.25) is 5.91 Å². The van der Waals surface area contributed by atoms with Crippen molar-refractivity contribution >= 4 is 34.9 Å². The first-order valence-electron chi connectivity index (χ1n) is 7.22. The summed E-state index contributed by atoms with van der Waals surface area (Å²) in [6, 6.07) is 3.41. The average molecular weight is 320 g/mol. The molecule has 116 valence electrons. The van der Waals surface area contributed by atoms with Crippen molar-refractivity contribution in [2.24, 2.45) is 0 Å². The van der Waals surface area contributed by atoms with E-state index in [0.29, 0.717) is 18.8 Å². The minimum Gasteiger partial charge on any atom is -0.465 e. The van der Waals surface area contributed by atoms with Crippen LogP contribution >= 0.6 is 11.8 Å². The van der Waals surface area contributed by atoms with E-state index in [-0.39, 0.29) is 17.4 Å². The highest BCUT2D eigenvalue weighted by Crippen LogP contribution is 2.32. The highest BCUT2D eigenvalue weighted by molar-refractivity contribution is 8.18. The van der Waals surface area contributed by atoms with Crippen molar-refractivity contribution in [1.29, 1.82) is 0 Å². The summed E-state index contributed by atoms with van der Waals surface area (Å²) in [5, 5.41) is -0.409. The lowest BCUT2D eigenvalue weighted by atomic mass is 10.1. The van der Waals surface area contributed by atoms with E-state index in [1.807, 2.05) is 0 Å². The van der Waals surface area contributed by atoms with E-state index in [2.05, 4.69) is 0 Å². The quantitative estimate of drug-likeness (QED) is 0.799. The van der Waals surface area contributed by atoms with Crippen molar-refractivity contribution in [3.8, 4) is 0 Å². The Hall–Kier alpha value is -2.02. The highest BCUT2D eigenvalue weighted by Gasteiger charge is 2.37. The molecule has 0 bridgehead atoms. The fourth-order valence-corrected chi connectivity index (χ4v) is 3.34. The Labute approximate surface area is 132 Å². The fraction of sp³-hybridized carbons (Fsp3) is 0.400. The smallest absolute Gasteiger partial charge is 0.294 e. The topological polar surface area (TPSA) is 70.8 Å². The molecular formula is C15H16N2O4S.